The molecule has 4 rings (SSSR count). The van der Waals surface area contributed by atoms with Crippen molar-refractivity contribution in [1.29, 1.82) is 0 Å². The van der Waals surface area contributed by atoms with Crippen molar-refractivity contribution in [1.82, 2.24) is 9.21 Å². The first-order valence-corrected chi connectivity index (χ1v) is 14.3. The summed E-state index contributed by atoms with van der Waals surface area (Å²) in [5.74, 6) is -0.173. The molecule has 0 saturated carbocycles. The molecule has 1 unspecified atom stereocenters. The summed E-state index contributed by atoms with van der Waals surface area (Å²) in [5, 5.41) is 4.32. The Balaban J connectivity index is 0.000000599. The highest BCUT2D eigenvalue weighted by atomic mass is 35.5. The maximum Gasteiger partial charge on any atom is 0.446 e. The van der Waals surface area contributed by atoms with Crippen molar-refractivity contribution >= 4 is 51.1 Å². The zero-order chi connectivity index (χ0) is 28.3. The Labute approximate surface area is 229 Å². The molecule has 13 heteroatoms. The molecule has 38 heavy (non-hydrogen) atoms. The van der Waals surface area contributed by atoms with Crippen molar-refractivity contribution in [3.8, 4) is 0 Å². The van der Waals surface area contributed by atoms with Gasteiger partial charge in [0.2, 0.25) is 22.2 Å². The number of rotatable bonds is 4. The average molecular weight is 594 g/mol. The van der Waals surface area contributed by atoms with Crippen molar-refractivity contribution in [2.75, 3.05) is 38.3 Å². The zero-order valence-electron chi connectivity index (χ0n) is 20.8. The number of nitrogens with one attached hydrogen (secondary N) is 1. The van der Waals surface area contributed by atoms with E-state index in [2.05, 4.69) is 23.3 Å². The summed E-state index contributed by atoms with van der Waals surface area (Å²) in [6.07, 6.45) is -3.44. The lowest BCUT2D eigenvalue weighted by molar-refractivity contribution is -0.156. The van der Waals surface area contributed by atoms with Crippen LogP contribution in [0.2, 0.25) is 10.0 Å². The standard InChI is InChI=1S/C23H27Cl2N3O3S.C2HF3O/c1-27-13-20(19-11-17(24)12-22(25)21(19)14-27)16-4-3-5-18(10-16)26-23(29)15-6-8-28(9-7-15)32(2,30)31;3-2(4,5)1-6/h3-5,10-12,15,20H,6-9,13-14H2,1-2H3,(H,26,29);1H. The molecular weight excluding hydrogens is 566 g/mol. The highest BCUT2D eigenvalue weighted by Gasteiger charge is 2.30. The molecule has 1 amide bonds. The Hall–Kier alpha value is -2.18. The first-order valence-electron chi connectivity index (χ1n) is 11.7. The van der Waals surface area contributed by atoms with E-state index in [4.69, 9.17) is 28.0 Å². The van der Waals surface area contributed by atoms with Gasteiger partial charge in [-0.2, -0.15) is 13.2 Å². The monoisotopic (exact) mass is 593 g/mol. The number of hydrogen-bond donors (Lipinski definition) is 1. The van der Waals surface area contributed by atoms with Crippen LogP contribution in [0.3, 0.4) is 0 Å². The van der Waals surface area contributed by atoms with Crippen molar-refractivity contribution in [3.63, 3.8) is 0 Å². The molecule has 0 bridgehead atoms. The van der Waals surface area contributed by atoms with E-state index in [9.17, 15) is 26.4 Å². The number of amides is 1. The van der Waals surface area contributed by atoms with Gasteiger partial charge < -0.3 is 10.2 Å². The quantitative estimate of drug-likeness (QED) is 0.508. The molecule has 2 heterocycles. The van der Waals surface area contributed by atoms with Gasteiger partial charge in [0.25, 0.3) is 0 Å². The predicted molar refractivity (Wildman–Crippen MR) is 141 cm³/mol. The van der Waals surface area contributed by atoms with Crippen LogP contribution in [0.1, 0.15) is 35.4 Å². The van der Waals surface area contributed by atoms with Crippen LogP contribution in [0.15, 0.2) is 36.4 Å². The van der Waals surface area contributed by atoms with Gasteiger partial charge in [-0.15, -0.1) is 0 Å². The fraction of sp³-hybridized carbons (Fsp3) is 0.440. The van der Waals surface area contributed by atoms with Crippen LogP contribution in [0.25, 0.3) is 0 Å². The highest BCUT2D eigenvalue weighted by molar-refractivity contribution is 7.88. The third-order valence-electron chi connectivity index (χ3n) is 6.48. The molecule has 2 aromatic rings. The van der Waals surface area contributed by atoms with Gasteiger partial charge in [0, 0.05) is 53.7 Å². The molecule has 0 aromatic heterocycles. The van der Waals surface area contributed by atoms with E-state index in [1.807, 2.05) is 24.3 Å². The number of sulfonamides is 1. The van der Waals surface area contributed by atoms with E-state index in [-0.39, 0.29) is 17.7 Å². The van der Waals surface area contributed by atoms with Gasteiger partial charge >= 0.3 is 6.18 Å². The van der Waals surface area contributed by atoms with Crippen LogP contribution < -0.4 is 5.32 Å². The third kappa shape index (κ3) is 8.16. The molecule has 2 aliphatic rings. The number of halogens is 5. The summed E-state index contributed by atoms with van der Waals surface area (Å²) >= 11 is 12.8. The van der Waals surface area contributed by atoms with Crippen LogP contribution >= 0.6 is 23.2 Å². The molecule has 2 aliphatic heterocycles. The van der Waals surface area contributed by atoms with Crippen molar-refractivity contribution in [2.24, 2.45) is 5.92 Å². The molecule has 1 fully saturated rings. The summed E-state index contributed by atoms with van der Waals surface area (Å²) in [7, 11) is -1.14. The molecule has 7 nitrogen and oxygen atoms in total. The fourth-order valence-electron chi connectivity index (χ4n) is 4.66. The molecule has 0 aliphatic carbocycles. The lowest BCUT2D eigenvalue weighted by Gasteiger charge is -2.33. The van der Waals surface area contributed by atoms with E-state index in [1.165, 1.54) is 10.6 Å². The number of benzene rings is 2. The molecule has 0 spiro atoms. The SMILES string of the molecule is CN1Cc2c(Cl)cc(Cl)cc2C(c2cccc(NC(=O)C3CCN(S(C)(=O)=O)CC3)c2)C1.O=CC(F)(F)F. The molecule has 208 valence electrons. The smallest absolute Gasteiger partial charge is 0.326 e. The third-order valence-corrected chi connectivity index (χ3v) is 8.33. The number of hydrogen-bond acceptors (Lipinski definition) is 5. The number of nitrogens with zero attached hydrogens (tertiary/aromatic N) is 2. The lowest BCUT2D eigenvalue weighted by atomic mass is 9.84. The molecule has 1 atom stereocenters. The summed E-state index contributed by atoms with van der Waals surface area (Å²) in [5.41, 5.74) is 4.03. The van der Waals surface area contributed by atoms with Crippen LogP contribution in [0.5, 0.6) is 0 Å². The second kappa shape index (κ2) is 12.3. The minimum Gasteiger partial charge on any atom is -0.326 e. The summed E-state index contributed by atoms with van der Waals surface area (Å²) < 4.78 is 56.1. The zero-order valence-corrected chi connectivity index (χ0v) is 23.1. The largest absolute Gasteiger partial charge is 0.446 e. The van der Waals surface area contributed by atoms with Crippen molar-refractivity contribution in [3.05, 3.63) is 63.1 Å². The second-order valence-corrected chi connectivity index (χ2v) is 12.2. The first-order chi connectivity index (χ1) is 17.7. The van der Waals surface area contributed by atoms with Gasteiger partial charge in [0.1, 0.15) is 0 Å². The lowest BCUT2D eigenvalue weighted by Crippen LogP contribution is -2.40. The van der Waals surface area contributed by atoms with Crippen LogP contribution in [0.4, 0.5) is 18.9 Å². The maximum absolute atomic E-state index is 12.8. The van der Waals surface area contributed by atoms with E-state index >= 15 is 0 Å². The summed E-state index contributed by atoms with van der Waals surface area (Å²) in [4.78, 5) is 23.8. The highest BCUT2D eigenvalue weighted by Crippen LogP contribution is 2.39. The average Bonchev–Trinajstić information content (AvgIpc) is 2.84. The number of aldehydes is 1. The van der Waals surface area contributed by atoms with E-state index in [0.717, 1.165) is 35.5 Å². The Morgan fingerprint density at radius 1 is 1.13 bits per heavy atom. The summed E-state index contributed by atoms with van der Waals surface area (Å²) in [6.45, 7) is 2.35. The van der Waals surface area contributed by atoms with Crippen LogP contribution in [-0.2, 0) is 26.2 Å². The van der Waals surface area contributed by atoms with E-state index < -0.39 is 22.5 Å². The molecule has 0 radical (unpaired) electrons. The van der Waals surface area contributed by atoms with Gasteiger partial charge in [0.15, 0.2) is 0 Å². The van der Waals surface area contributed by atoms with Gasteiger partial charge in [-0.3, -0.25) is 9.59 Å². The van der Waals surface area contributed by atoms with Gasteiger partial charge in [-0.1, -0.05) is 35.3 Å². The van der Waals surface area contributed by atoms with Crippen LogP contribution in [0, 0.1) is 5.92 Å². The molecule has 1 N–H and O–H groups in total. The second-order valence-electron chi connectivity index (χ2n) is 9.42. The number of likely N-dealkylation sites (N-methyl/N-ethyl adjacent to an activating group) is 1. The first kappa shape index (κ1) is 30.4. The van der Waals surface area contributed by atoms with Crippen molar-refractivity contribution < 1.29 is 31.2 Å². The number of piperidine rings is 1. The van der Waals surface area contributed by atoms with Crippen molar-refractivity contribution in [2.45, 2.75) is 31.5 Å². The number of carbonyl (C=O) groups is 2. The Morgan fingerprint density at radius 2 is 1.76 bits per heavy atom. The van der Waals surface area contributed by atoms with Gasteiger partial charge in [-0.25, -0.2) is 12.7 Å². The number of anilines is 1. The topological polar surface area (TPSA) is 86.8 Å². The predicted octanol–water partition coefficient (Wildman–Crippen LogP) is 4.93. The maximum atomic E-state index is 12.8. The number of alkyl halides is 3. The van der Waals surface area contributed by atoms with E-state index in [1.54, 1.807) is 6.07 Å². The van der Waals surface area contributed by atoms with Crippen LogP contribution in [-0.4, -0.2) is 68.9 Å². The summed E-state index contributed by atoms with van der Waals surface area (Å²) in [6, 6.07) is 11.7. The normalized spacial score (nSPS) is 19.2. The molecular formula is C25H28Cl2F3N3O4S. The Morgan fingerprint density at radius 3 is 2.34 bits per heavy atom. The molecule has 1 saturated heterocycles. The minimum absolute atomic E-state index is 0.0671. The van der Waals surface area contributed by atoms with E-state index in [0.29, 0.717) is 36.0 Å². The Bertz CT molecular complexity index is 1280. The number of carbonyl (C=O) groups excluding carboxylic acids is 2. The number of fused-ring (bicyclic) bond motifs is 1. The van der Waals surface area contributed by atoms with Gasteiger partial charge in [-0.05, 0) is 60.8 Å². The fourth-order valence-corrected chi connectivity index (χ4v) is 6.10. The Kier molecular flexibility index (Phi) is 9.86. The minimum atomic E-state index is -4.64. The van der Waals surface area contributed by atoms with Gasteiger partial charge in [0.05, 0.1) is 6.26 Å². The molecule has 2 aromatic carbocycles.